The summed E-state index contributed by atoms with van der Waals surface area (Å²) in [4.78, 5) is 44.0. The first-order valence-corrected chi connectivity index (χ1v) is 10.7. The van der Waals surface area contributed by atoms with Crippen molar-refractivity contribution in [2.45, 2.75) is 45.9 Å². The summed E-state index contributed by atoms with van der Waals surface area (Å²) < 4.78 is 6.90. The number of hydrogen-bond donors (Lipinski definition) is 2. The van der Waals surface area contributed by atoms with Gasteiger partial charge in [0.2, 0.25) is 5.91 Å². The normalized spacial score (nSPS) is 16.3. The third-order valence-electron chi connectivity index (χ3n) is 5.40. The van der Waals surface area contributed by atoms with Crippen molar-refractivity contribution in [1.82, 2.24) is 14.5 Å². The lowest BCUT2D eigenvalue weighted by atomic mass is 10.2. The summed E-state index contributed by atoms with van der Waals surface area (Å²) >= 11 is 0. The fourth-order valence-corrected chi connectivity index (χ4v) is 3.75. The monoisotopic (exact) mass is 429 g/mol. The van der Waals surface area contributed by atoms with E-state index in [-0.39, 0.29) is 30.1 Å². The Hall–Kier alpha value is -3.07. The van der Waals surface area contributed by atoms with E-state index >= 15 is 0 Å². The molecule has 3 rings (SSSR count). The predicted molar refractivity (Wildman–Crippen MR) is 120 cm³/mol. The number of aromatic nitrogens is 2. The number of H-pyrrole nitrogens is 1. The van der Waals surface area contributed by atoms with E-state index in [4.69, 9.17) is 10.5 Å². The van der Waals surface area contributed by atoms with Gasteiger partial charge >= 0.3 is 5.69 Å². The number of benzene rings is 1. The second kappa shape index (κ2) is 10.3. The number of hydrogen-bond acceptors (Lipinski definition) is 6. The second-order valence-electron chi connectivity index (χ2n) is 7.86. The van der Waals surface area contributed by atoms with Gasteiger partial charge in [0, 0.05) is 26.2 Å². The molecule has 0 unspecified atom stereocenters. The Morgan fingerprint density at radius 1 is 1.29 bits per heavy atom. The smallest absolute Gasteiger partial charge is 0.330 e. The Labute approximate surface area is 181 Å². The fraction of sp³-hybridized carbons (Fsp3) is 0.500. The van der Waals surface area contributed by atoms with Crippen molar-refractivity contribution < 1.29 is 9.53 Å². The van der Waals surface area contributed by atoms with Crippen LogP contribution in [0.4, 0.5) is 11.5 Å². The molecule has 9 nitrogen and oxygen atoms in total. The van der Waals surface area contributed by atoms with Gasteiger partial charge in [0.25, 0.3) is 5.56 Å². The number of unbranched alkanes of at least 4 members (excludes halogenated alkanes) is 1. The molecule has 0 saturated carbocycles. The summed E-state index contributed by atoms with van der Waals surface area (Å²) in [7, 11) is 0. The number of nitrogens with one attached hydrogen (secondary N) is 1. The van der Waals surface area contributed by atoms with Gasteiger partial charge in [-0.3, -0.25) is 19.1 Å². The summed E-state index contributed by atoms with van der Waals surface area (Å²) in [6.45, 7) is 6.11. The van der Waals surface area contributed by atoms with E-state index in [2.05, 4.69) is 4.98 Å². The van der Waals surface area contributed by atoms with Gasteiger partial charge in [-0.05, 0) is 18.9 Å². The quantitative estimate of drug-likeness (QED) is 0.651. The molecule has 9 heteroatoms. The SMILES string of the molecule is CCCCn1c(N)c(N(CC(=O)N2CCO[C@H](C)C2)Cc2ccccc2)c(=O)[nH]c1=O. The Morgan fingerprint density at radius 2 is 2.03 bits per heavy atom. The van der Waals surface area contributed by atoms with Crippen molar-refractivity contribution in [3.8, 4) is 0 Å². The van der Waals surface area contributed by atoms with Crippen LogP contribution >= 0.6 is 0 Å². The lowest BCUT2D eigenvalue weighted by Crippen LogP contribution is -2.49. The van der Waals surface area contributed by atoms with Crippen molar-refractivity contribution in [3.63, 3.8) is 0 Å². The van der Waals surface area contributed by atoms with Crippen LogP contribution in [0.5, 0.6) is 0 Å². The molecular formula is C22H31N5O4. The number of amides is 1. The van der Waals surface area contributed by atoms with E-state index in [0.29, 0.717) is 32.8 Å². The van der Waals surface area contributed by atoms with Crippen LogP contribution in [0, 0.1) is 0 Å². The minimum Gasteiger partial charge on any atom is -0.383 e. The second-order valence-corrected chi connectivity index (χ2v) is 7.86. The number of rotatable bonds is 8. The number of anilines is 2. The van der Waals surface area contributed by atoms with Gasteiger partial charge < -0.3 is 20.3 Å². The van der Waals surface area contributed by atoms with E-state index in [9.17, 15) is 14.4 Å². The number of carbonyl (C=O) groups is 1. The molecule has 1 fully saturated rings. The van der Waals surface area contributed by atoms with Crippen LogP contribution in [-0.4, -0.2) is 52.7 Å². The largest absolute Gasteiger partial charge is 0.383 e. The molecule has 1 atom stereocenters. The molecule has 2 aromatic rings. The zero-order valence-corrected chi connectivity index (χ0v) is 18.2. The molecule has 31 heavy (non-hydrogen) atoms. The average molecular weight is 430 g/mol. The summed E-state index contributed by atoms with van der Waals surface area (Å²) in [5, 5.41) is 0. The maximum absolute atomic E-state index is 13.1. The van der Waals surface area contributed by atoms with Crippen LogP contribution in [0.15, 0.2) is 39.9 Å². The molecule has 1 aliphatic heterocycles. The molecule has 0 radical (unpaired) electrons. The number of morpholine rings is 1. The molecular weight excluding hydrogens is 398 g/mol. The predicted octanol–water partition coefficient (Wildman–Crippen LogP) is 1.17. The van der Waals surface area contributed by atoms with Crippen LogP contribution in [0.2, 0.25) is 0 Å². The van der Waals surface area contributed by atoms with Crippen LogP contribution in [-0.2, 0) is 22.6 Å². The molecule has 1 saturated heterocycles. The zero-order chi connectivity index (χ0) is 22.4. The average Bonchev–Trinajstić information content (AvgIpc) is 2.74. The summed E-state index contributed by atoms with van der Waals surface area (Å²) in [5.41, 5.74) is 6.26. The van der Waals surface area contributed by atoms with E-state index in [1.54, 1.807) is 9.80 Å². The molecule has 1 aromatic heterocycles. The van der Waals surface area contributed by atoms with Crippen LogP contribution in [0.3, 0.4) is 0 Å². The number of nitrogens with zero attached hydrogens (tertiary/aromatic N) is 3. The fourth-order valence-electron chi connectivity index (χ4n) is 3.75. The third kappa shape index (κ3) is 5.55. The van der Waals surface area contributed by atoms with Gasteiger partial charge in [-0.1, -0.05) is 43.7 Å². The minimum atomic E-state index is -0.589. The van der Waals surface area contributed by atoms with Crippen LogP contribution in [0.1, 0.15) is 32.3 Å². The molecule has 3 N–H and O–H groups in total. The van der Waals surface area contributed by atoms with Crippen molar-refractivity contribution in [2.24, 2.45) is 0 Å². The molecule has 168 valence electrons. The Kier molecular flexibility index (Phi) is 7.51. The van der Waals surface area contributed by atoms with Gasteiger partial charge in [0.15, 0.2) is 0 Å². The van der Waals surface area contributed by atoms with Gasteiger partial charge in [-0.2, -0.15) is 0 Å². The summed E-state index contributed by atoms with van der Waals surface area (Å²) in [6.07, 6.45) is 1.59. The van der Waals surface area contributed by atoms with E-state index in [1.807, 2.05) is 44.2 Å². The Balaban J connectivity index is 1.97. The number of carbonyl (C=O) groups excluding carboxylic acids is 1. The highest BCUT2D eigenvalue weighted by molar-refractivity contribution is 5.82. The van der Waals surface area contributed by atoms with Crippen molar-refractivity contribution in [1.29, 1.82) is 0 Å². The lowest BCUT2D eigenvalue weighted by molar-refractivity contribution is -0.136. The highest BCUT2D eigenvalue weighted by Crippen LogP contribution is 2.20. The summed E-state index contributed by atoms with van der Waals surface area (Å²) in [6, 6.07) is 9.54. The van der Waals surface area contributed by atoms with Crippen molar-refractivity contribution >= 4 is 17.4 Å². The first-order chi connectivity index (χ1) is 14.9. The highest BCUT2D eigenvalue weighted by Gasteiger charge is 2.26. The molecule has 0 spiro atoms. The number of ether oxygens (including phenoxy) is 1. The topological polar surface area (TPSA) is 114 Å². The van der Waals surface area contributed by atoms with Crippen LogP contribution < -0.4 is 21.9 Å². The van der Waals surface area contributed by atoms with Gasteiger partial charge in [-0.25, -0.2) is 4.79 Å². The molecule has 1 aromatic carbocycles. The van der Waals surface area contributed by atoms with Gasteiger partial charge in [0.05, 0.1) is 19.3 Å². The number of nitrogen functional groups attached to an aromatic ring is 1. The first kappa shape index (κ1) is 22.6. The van der Waals surface area contributed by atoms with E-state index < -0.39 is 11.2 Å². The minimum absolute atomic E-state index is 0.0269. The Bertz CT molecular complexity index is 1000. The van der Waals surface area contributed by atoms with Crippen molar-refractivity contribution in [3.05, 3.63) is 56.7 Å². The first-order valence-electron chi connectivity index (χ1n) is 10.7. The van der Waals surface area contributed by atoms with Gasteiger partial charge in [0.1, 0.15) is 11.5 Å². The van der Waals surface area contributed by atoms with Crippen LogP contribution in [0.25, 0.3) is 0 Å². The molecule has 2 heterocycles. The lowest BCUT2D eigenvalue weighted by Gasteiger charge is -2.33. The molecule has 0 aliphatic carbocycles. The summed E-state index contributed by atoms with van der Waals surface area (Å²) in [5.74, 6) is -0.0301. The highest BCUT2D eigenvalue weighted by atomic mass is 16.5. The maximum Gasteiger partial charge on any atom is 0.330 e. The maximum atomic E-state index is 13.1. The van der Waals surface area contributed by atoms with E-state index in [0.717, 1.165) is 18.4 Å². The zero-order valence-electron chi connectivity index (χ0n) is 18.2. The van der Waals surface area contributed by atoms with Gasteiger partial charge in [-0.15, -0.1) is 0 Å². The molecule has 0 bridgehead atoms. The number of nitrogens with two attached hydrogens (primary N) is 1. The van der Waals surface area contributed by atoms with Crippen molar-refractivity contribution in [2.75, 3.05) is 36.9 Å². The standard InChI is InChI=1S/C22H31N5O4/c1-3-4-10-27-20(23)19(21(29)24-22(27)30)26(14-17-8-6-5-7-9-17)15-18(28)25-11-12-31-16(2)13-25/h5-9,16H,3-4,10-15,23H2,1-2H3,(H,24,29,30)/t16-/m1/s1. The third-order valence-corrected chi connectivity index (χ3v) is 5.40. The molecule has 1 aliphatic rings. The molecule has 1 amide bonds. The Morgan fingerprint density at radius 3 is 2.71 bits per heavy atom. The number of aromatic amines is 1. The van der Waals surface area contributed by atoms with E-state index in [1.165, 1.54) is 4.57 Å².